The Balaban J connectivity index is 1.36. The van der Waals surface area contributed by atoms with Crippen molar-refractivity contribution in [1.82, 2.24) is 9.78 Å². The molecule has 0 unspecified atom stereocenters. The highest BCUT2D eigenvalue weighted by Crippen LogP contribution is 2.21. The maximum atomic E-state index is 12.5. The van der Waals surface area contributed by atoms with Crippen molar-refractivity contribution in [3.63, 3.8) is 0 Å². The summed E-state index contributed by atoms with van der Waals surface area (Å²) in [6, 6.07) is 26.5. The minimum atomic E-state index is -0.279. The van der Waals surface area contributed by atoms with E-state index in [4.69, 9.17) is 16.3 Å². The maximum Gasteiger partial charge on any atom is 0.276 e. The topological polar surface area (TPSA) is 56.2 Å². The van der Waals surface area contributed by atoms with Gasteiger partial charge in [-0.25, -0.2) is 4.68 Å². The summed E-state index contributed by atoms with van der Waals surface area (Å²) in [5.41, 5.74) is 3.24. The van der Waals surface area contributed by atoms with Crippen LogP contribution in [0.3, 0.4) is 0 Å². The number of carbonyl (C=O) groups excluding carboxylic acids is 1. The van der Waals surface area contributed by atoms with E-state index in [1.807, 2.05) is 66.7 Å². The van der Waals surface area contributed by atoms with Crippen molar-refractivity contribution >= 4 is 23.2 Å². The van der Waals surface area contributed by atoms with Crippen molar-refractivity contribution in [2.24, 2.45) is 0 Å². The molecule has 0 aliphatic heterocycles. The number of nitrogens with zero attached hydrogens (tertiary/aromatic N) is 2. The largest absolute Gasteiger partial charge is 0.471 e. The molecule has 29 heavy (non-hydrogen) atoms. The van der Waals surface area contributed by atoms with Gasteiger partial charge in [-0.3, -0.25) is 4.79 Å². The number of amides is 1. The van der Waals surface area contributed by atoms with Crippen molar-refractivity contribution in [3.8, 4) is 16.9 Å². The first-order chi connectivity index (χ1) is 14.2. The third-order valence-electron chi connectivity index (χ3n) is 4.28. The van der Waals surface area contributed by atoms with Gasteiger partial charge in [0.25, 0.3) is 5.91 Å². The zero-order valence-corrected chi connectivity index (χ0v) is 16.2. The van der Waals surface area contributed by atoms with Crippen LogP contribution in [0, 0.1) is 0 Å². The summed E-state index contributed by atoms with van der Waals surface area (Å²) in [5.74, 6) is 0.358. The van der Waals surface area contributed by atoms with Gasteiger partial charge in [-0.1, -0.05) is 60.1 Å². The van der Waals surface area contributed by atoms with E-state index in [1.165, 1.54) is 0 Å². The molecule has 0 saturated heterocycles. The smallest absolute Gasteiger partial charge is 0.276 e. The third-order valence-corrected chi connectivity index (χ3v) is 4.52. The first kappa shape index (κ1) is 18.8. The standard InChI is InChI=1S/C23H18ClN3O2/c24-19-7-4-8-21(15-19)29-16-27-14-13-22(26-27)23(28)25-20-11-9-18(10-12-20)17-5-2-1-3-6-17/h1-15H,16H2,(H,25,28). The molecule has 1 aromatic heterocycles. The minimum Gasteiger partial charge on any atom is -0.471 e. The van der Waals surface area contributed by atoms with Crippen LogP contribution in [0.2, 0.25) is 5.02 Å². The predicted octanol–water partition coefficient (Wildman–Crippen LogP) is 5.49. The number of nitrogens with one attached hydrogen (secondary N) is 1. The summed E-state index contributed by atoms with van der Waals surface area (Å²) in [7, 11) is 0. The van der Waals surface area contributed by atoms with Crippen LogP contribution in [-0.4, -0.2) is 15.7 Å². The Kier molecular flexibility index (Phi) is 5.59. The van der Waals surface area contributed by atoms with Gasteiger partial charge in [0.2, 0.25) is 0 Å². The Labute approximate surface area is 173 Å². The summed E-state index contributed by atoms with van der Waals surface area (Å²) >= 11 is 5.94. The van der Waals surface area contributed by atoms with Gasteiger partial charge in [-0.2, -0.15) is 5.10 Å². The van der Waals surface area contributed by atoms with Gasteiger partial charge >= 0.3 is 0 Å². The van der Waals surface area contributed by atoms with E-state index in [2.05, 4.69) is 10.4 Å². The van der Waals surface area contributed by atoms with E-state index in [0.29, 0.717) is 22.2 Å². The number of ether oxygens (including phenoxy) is 1. The molecule has 0 saturated carbocycles. The number of anilines is 1. The molecule has 1 N–H and O–H groups in total. The number of aromatic nitrogens is 2. The molecule has 5 nitrogen and oxygen atoms in total. The van der Waals surface area contributed by atoms with Gasteiger partial charge in [-0.05, 0) is 47.5 Å². The highest BCUT2D eigenvalue weighted by molar-refractivity contribution is 6.30. The molecule has 0 bridgehead atoms. The monoisotopic (exact) mass is 403 g/mol. The first-order valence-corrected chi connectivity index (χ1v) is 9.44. The zero-order chi connectivity index (χ0) is 20.1. The first-order valence-electron chi connectivity index (χ1n) is 9.06. The minimum absolute atomic E-state index is 0.180. The van der Waals surface area contributed by atoms with Gasteiger partial charge in [0.15, 0.2) is 12.4 Å². The molecular formula is C23H18ClN3O2. The van der Waals surface area contributed by atoms with Gasteiger partial charge in [0, 0.05) is 16.9 Å². The van der Waals surface area contributed by atoms with Crippen LogP contribution in [0.5, 0.6) is 5.75 Å². The van der Waals surface area contributed by atoms with Crippen LogP contribution in [0.15, 0.2) is 91.1 Å². The summed E-state index contributed by atoms with van der Waals surface area (Å²) in [5, 5.41) is 7.71. The van der Waals surface area contributed by atoms with E-state index in [9.17, 15) is 4.79 Å². The lowest BCUT2D eigenvalue weighted by atomic mass is 10.1. The van der Waals surface area contributed by atoms with E-state index in [1.54, 1.807) is 29.1 Å². The number of hydrogen-bond donors (Lipinski definition) is 1. The van der Waals surface area contributed by atoms with Gasteiger partial charge in [-0.15, -0.1) is 0 Å². The Morgan fingerprint density at radius 3 is 2.45 bits per heavy atom. The van der Waals surface area contributed by atoms with Crippen molar-refractivity contribution in [3.05, 3.63) is 102 Å². The van der Waals surface area contributed by atoms with Crippen molar-refractivity contribution < 1.29 is 9.53 Å². The van der Waals surface area contributed by atoms with Gasteiger partial charge < -0.3 is 10.1 Å². The van der Waals surface area contributed by atoms with Crippen LogP contribution < -0.4 is 10.1 Å². The van der Waals surface area contributed by atoms with Gasteiger partial charge in [0.1, 0.15) is 5.75 Å². The second-order valence-electron chi connectivity index (χ2n) is 6.37. The number of carbonyl (C=O) groups is 1. The molecule has 0 radical (unpaired) electrons. The third kappa shape index (κ3) is 4.83. The molecular weight excluding hydrogens is 386 g/mol. The number of halogens is 1. The number of benzene rings is 3. The average Bonchev–Trinajstić information content (AvgIpc) is 3.23. The zero-order valence-electron chi connectivity index (χ0n) is 15.5. The molecule has 0 spiro atoms. The Morgan fingerprint density at radius 1 is 0.931 bits per heavy atom. The predicted molar refractivity (Wildman–Crippen MR) is 114 cm³/mol. The Bertz CT molecular complexity index is 1110. The van der Waals surface area contributed by atoms with Crippen LogP contribution in [0.25, 0.3) is 11.1 Å². The molecule has 0 aliphatic rings. The lowest BCUT2D eigenvalue weighted by Gasteiger charge is -2.07. The summed E-state index contributed by atoms with van der Waals surface area (Å²) < 4.78 is 7.17. The van der Waals surface area contributed by atoms with Crippen LogP contribution in [0.4, 0.5) is 5.69 Å². The SMILES string of the molecule is O=C(Nc1ccc(-c2ccccc2)cc1)c1ccn(COc2cccc(Cl)c2)n1. The summed E-state index contributed by atoms with van der Waals surface area (Å²) in [4.78, 5) is 12.5. The summed E-state index contributed by atoms with van der Waals surface area (Å²) in [6.07, 6.45) is 1.69. The molecule has 4 aromatic rings. The van der Waals surface area contributed by atoms with Crippen LogP contribution >= 0.6 is 11.6 Å². The normalized spacial score (nSPS) is 10.5. The second-order valence-corrected chi connectivity index (χ2v) is 6.81. The molecule has 0 aliphatic carbocycles. The van der Waals surface area contributed by atoms with E-state index in [0.717, 1.165) is 11.1 Å². The van der Waals surface area contributed by atoms with E-state index >= 15 is 0 Å². The molecule has 1 amide bonds. The molecule has 1 heterocycles. The fraction of sp³-hybridized carbons (Fsp3) is 0.0435. The van der Waals surface area contributed by atoms with Crippen LogP contribution in [-0.2, 0) is 6.73 Å². The maximum absolute atomic E-state index is 12.5. The van der Waals surface area contributed by atoms with Crippen molar-refractivity contribution in [2.45, 2.75) is 6.73 Å². The number of rotatable bonds is 6. The fourth-order valence-corrected chi connectivity index (χ4v) is 3.00. The van der Waals surface area contributed by atoms with Crippen molar-refractivity contribution in [1.29, 1.82) is 0 Å². The Morgan fingerprint density at radius 2 is 1.69 bits per heavy atom. The second kappa shape index (κ2) is 8.63. The fourth-order valence-electron chi connectivity index (χ4n) is 2.82. The lowest BCUT2D eigenvalue weighted by molar-refractivity contribution is 0.102. The molecule has 4 rings (SSSR count). The van der Waals surface area contributed by atoms with E-state index in [-0.39, 0.29) is 12.6 Å². The van der Waals surface area contributed by atoms with Crippen LogP contribution in [0.1, 0.15) is 10.5 Å². The average molecular weight is 404 g/mol. The molecule has 0 atom stereocenters. The molecule has 6 heteroatoms. The number of hydrogen-bond acceptors (Lipinski definition) is 3. The van der Waals surface area contributed by atoms with Gasteiger partial charge in [0.05, 0.1) is 0 Å². The molecule has 3 aromatic carbocycles. The lowest BCUT2D eigenvalue weighted by Crippen LogP contribution is -2.14. The Hall–Kier alpha value is -3.57. The quantitative estimate of drug-likeness (QED) is 0.463. The van der Waals surface area contributed by atoms with Crippen molar-refractivity contribution in [2.75, 3.05) is 5.32 Å². The molecule has 144 valence electrons. The van der Waals surface area contributed by atoms with E-state index < -0.39 is 0 Å². The summed E-state index contributed by atoms with van der Waals surface area (Å²) in [6.45, 7) is 0.180. The molecule has 0 fully saturated rings. The highest BCUT2D eigenvalue weighted by atomic mass is 35.5. The highest BCUT2D eigenvalue weighted by Gasteiger charge is 2.10.